The molecule has 0 radical (unpaired) electrons. The summed E-state index contributed by atoms with van der Waals surface area (Å²) in [6.07, 6.45) is 3.09. The minimum Gasteiger partial charge on any atom is -0.310 e. The quantitative estimate of drug-likeness (QED) is 0.163. The molecule has 5 nitrogen and oxygen atoms in total. The van der Waals surface area contributed by atoms with E-state index >= 15 is 0 Å². The molecule has 0 fully saturated rings. The van der Waals surface area contributed by atoms with Crippen molar-refractivity contribution in [2.24, 2.45) is 0 Å². The Labute approximate surface area is 335 Å². The van der Waals surface area contributed by atoms with Gasteiger partial charge in [-0.2, -0.15) is 0 Å². The summed E-state index contributed by atoms with van der Waals surface area (Å²) < 4.78 is 2.35. The fourth-order valence-electron chi connectivity index (χ4n) is 8.49. The molecule has 0 saturated heterocycles. The number of nitrogens with zero attached hydrogens (tertiary/aromatic N) is 5. The topological polar surface area (TPSA) is 46.8 Å². The average molecular weight is 742 g/mol. The maximum atomic E-state index is 4.44. The van der Waals surface area contributed by atoms with Crippen molar-refractivity contribution in [3.63, 3.8) is 0 Å². The molecule has 5 heteroatoms. The van der Waals surface area contributed by atoms with Crippen LogP contribution >= 0.6 is 0 Å². The predicted octanol–water partition coefficient (Wildman–Crippen LogP) is 13.7. The molecule has 0 spiro atoms. The van der Waals surface area contributed by atoms with Crippen LogP contribution in [-0.2, 0) is 0 Å². The van der Waals surface area contributed by atoms with Crippen LogP contribution in [0.4, 0.5) is 17.1 Å². The third kappa shape index (κ3) is 5.76. The van der Waals surface area contributed by atoms with Crippen LogP contribution in [0, 0.1) is 0 Å². The van der Waals surface area contributed by atoms with Gasteiger partial charge in [0.15, 0.2) is 5.82 Å². The molecule has 272 valence electrons. The smallest absolute Gasteiger partial charge is 0.162 e. The maximum absolute atomic E-state index is 4.44. The van der Waals surface area contributed by atoms with Crippen LogP contribution in [0.1, 0.15) is 0 Å². The van der Waals surface area contributed by atoms with E-state index < -0.39 is 0 Å². The Balaban J connectivity index is 1.03. The maximum Gasteiger partial charge on any atom is 0.162 e. The average Bonchev–Trinajstić information content (AvgIpc) is 3.63. The molecule has 58 heavy (non-hydrogen) atoms. The number of rotatable bonds is 7. The van der Waals surface area contributed by atoms with Crippen LogP contribution in [0.3, 0.4) is 0 Å². The van der Waals surface area contributed by atoms with Gasteiger partial charge < -0.3 is 9.47 Å². The lowest BCUT2D eigenvalue weighted by atomic mass is 9.93. The first kappa shape index (κ1) is 33.4. The van der Waals surface area contributed by atoms with Gasteiger partial charge in [-0.3, -0.25) is 0 Å². The van der Waals surface area contributed by atoms with E-state index in [0.717, 1.165) is 50.5 Å². The van der Waals surface area contributed by atoms with E-state index in [4.69, 9.17) is 0 Å². The summed E-state index contributed by atoms with van der Waals surface area (Å²) in [5.41, 5.74) is 12.3. The Morgan fingerprint density at radius 2 is 0.966 bits per heavy atom. The second-order valence-corrected chi connectivity index (χ2v) is 14.6. The Morgan fingerprint density at radius 1 is 0.379 bits per heavy atom. The largest absolute Gasteiger partial charge is 0.310 e. The highest BCUT2D eigenvalue weighted by Gasteiger charge is 2.19. The monoisotopic (exact) mass is 741 g/mol. The SMILES string of the molecule is c1ccc(-n2c3cc(-c4ncncn4)ccc3c3ccc(-c4ccccc4-c4ccc(N(c5ccc6ccccc6c5)c5cccc6ccccc56)cc4)cc32)cc1. The Bertz CT molecular complexity index is 3280. The normalized spacial score (nSPS) is 11.4. The van der Waals surface area contributed by atoms with E-state index in [-0.39, 0.29) is 0 Å². The fourth-order valence-corrected chi connectivity index (χ4v) is 8.49. The van der Waals surface area contributed by atoms with Crippen molar-refractivity contribution in [2.45, 2.75) is 0 Å². The third-order valence-corrected chi connectivity index (χ3v) is 11.2. The van der Waals surface area contributed by atoms with E-state index in [9.17, 15) is 0 Å². The van der Waals surface area contributed by atoms with Crippen LogP contribution < -0.4 is 4.90 Å². The number of benzene rings is 9. The van der Waals surface area contributed by atoms with Crippen molar-refractivity contribution < 1.29 is 0 Å². The van der Waals surface area contributed by atoms with Crippen LogP contribution in [0.2, 0.25) is 0 Å². The first-order valence-corrected chi connectivity index (χ1v) is 19.5. The fraction of sp³-hybridized carbons (Fsp3) is 0. The van der Waals surface area contributed by atoms with Crippen molar-refractivity contribution in [2.75, 3.05) is 4.90 Å². The van der Waals surface area contributed by atoms with Gasteiger partial charge in [0.05, 0.1) is 16.7 Å². The molecule has 0 aliphatic rings. The number of anilines is 3. The summed E-state index contributed by atoms with van der Waals surface area (Å²) >= 11 is 0. The van der Waals surface area contributed by atoms with Crippen LogP contribution in [0.5, 0.6) is 0 Å². The number of aromatic nitrogens is 4. The number of hydrogen-bond acceptors (Lipinski definition) is 4. The Hall–Kier alpha value is -7.89. The van der Waals surface area contributed by atoms with Crippen molar-refractivity contribution in [1.82, 2.24) is 19.5 Å². The van der Waals surface area contributed by atoms with Gasteiger partial charge >= 0.3 is 0 Å². The number of hydrogen-bond donors (Lipinski definition) is 0. The summed E-state index contributed by atoms with van der Waals surface area (Å²) in [5, 5.41) is 7.22. The molecule has 9 aromatic carbocycles. The van der Waals surface area contributed by atoms with Crippen LogP contribution in [0.15, 0.2) is 213 Å². The van der Waals surface area contributed by atoms with Gasteiger partial charge in [0.2, 0.25) is 0 Å². The lowest BCUT2D eigenvalue weighted by Gasteiger charge is -2.27. The van der Waals surface area contributed by atoms with Gasteiger partial charge in [0.25, 0.3) is 0 Å². The number of para-hydroxylation sites is 1. The van der Waals surface area contributed by atoms with E-state index in [1.54, 1.807) is 12.7 Å². The predicted molar refractivity (Wildman–Crippen MR) is 240 cm³/mol. The van der Waals surface area contributed by atoms with Gasteiger partial charge in [-0.05, 0) is 93.0 Å². The van der Waals surface area contributed by atoms with Crippen LogP contribution in [-0.4, -0.2) is 19.5 Å². The van der Waals surface area contributed by atoms with E-state index in [1.165, 1.54) is 43.4 Å². The highest BCUT2D eigenvalue weighted by molar-refractivity contribution is 6.11. The molecule has 11 rings (SSSR count). The summed E-state index contributed by atoms with van der Waals surface area (Å²) in [5.74, 6) is 0.653. The molecule has 0 bridgehead atoms. The summed E-state index contributed by atoms with van der Waals surface area (Å²) in [6, 6.07) is 72.1. The summed E-state index contributed by atoms with van der Waals surface area (Å²) in [7, 11) is 0. The second kappa shape index (κ2) is 14.0. The molecule has 0 N–H and O–H groups in total. The lowest BCUT2D eigenvalue weighted by molar-refractivity contribution is 1.06. The summed E-state index contributed by atoms with van der Waals surface area (Å²) in [6.45, 7) is 0. The molecular formula is C53H35N5. The standard InChI is InChI=1S/C53H35N5/c1-2-15-42(16-3-1)58-51-32-40(24-29-48(51)49-30-25-41(33-52(49)58)53-55-34-54-35-56-53)46-18-9-8-17-45(46)38-22-26-43(27-23-38)57(44-28-21-36-11-4-5-13-39(36)31-44)50-20-10-14-37-12-6-7-19-47(37)50/h1-35H. The summed E-state index contributed by atoms with van der Waals surface area (Å²) in [4.78, 5) is 15.3. The second-order valence-electron chi connectivity index (χ2n) is 14.6. The molecule has 0 atom stereocenters. The van der Waals surface area contributed by atoms with Gasteiger partial charge in [-0.1, -0.05) is 146 Å². The molecular weight excluding hydrogens is 707 g/mol. The minimum absolute atomic E-state index is 0.653. The zero-order valence-corrected chi connectivity index (χ0v) is 31.4. The molecule has 2 heterocycles. The van der Waals surface area contributed by atoms with Gasteiger partial charge in [0, 0.05) is 38.8 Å². The molecule has 0 aliphatic heterocycles. The third-order valence-electron chi connectivity index (χ3n) is 11.2. The minimum atomic E-state index is 0.653. The first-order valence-electron chi connectivity index (χ1n) is 19.5. The van der Waals surface area contributed by atoms with Gasteiger partial charge in [-0.25, -0.2) is 15.0 Å². The van der Waals surface area contributed by atoms with E-state index in [2.05, 4.69) is 225 Å². The van der Waals surface area contributed by atoms with E-state index in [1.807, 2.05) is 0 Å². The number of fused-ring (bicyclic) bond motifs is 5. The van der Waals surface area contributed by atoms with Crippen molar-refractivity contribution in [1.29, 1.82) is 0 Å². The lowest BCUT2D eigenvalue weighted by Crippen LogP contribution is -2.10. The molecule has 0 saturated carbocycles. The molecule has 0 aliphatic carbocycles. The molecule has 11 aromatic rings. The zero-order valence-electron chi connectivity index (χ0n) is 31.4. The molecule has 0 amide bonds. The molecule has 0 unspecified atom stereocenters. The molecule has 2 aromatic heterocycles. The van der Waals surface area contributed by atoms with Crippen LogP contribution in [0.25, 0.3) is 82.7 Å². The van der Waals surface area contributed by atoms with Crippen molar-refractivity contribution >= 4 is 60.4 Å². The Morgan fingerprint density at radius 3 is 1.74 bits per heavy atom. The Kier molecular flexibility index (Phi) is 8.07. The van der Waals surface area contributed by atoms with E-state index in [0.29, 0.717) is 5.82 Å². The van der Waals surface area contributed by atoms with Gasteiger partial charge in [0.1, 0.15) is 12.7 Å². The zero-order chi connectivity index (χ0) is 38.4. The highest BCUT2D eigenvalue weighted by atomic mass is 15.1. The first-order chi connectivity index (χ1) is 28.8. The van der Waals surface area contributed by atoms with Crippen molar-refractivity contribution in [3.05, 3.63) is 213 Å². The van der Waals surface area contributed by atoms with Gasteiger partial charge in [-0.15, -0.1) is 0 Å². The highest BCUT2D eigenvalue weighted by Crippen LogP contribution is 2.42. The van der Waals surface area contributed by atoms with Crippen molar-refractivity contribution in [3.8, 4) is 39.3 Å².